The standard InChI is InChI=1S/C13H13F3O2/c14-13(15,16)12(17)11(7-4-8-18-12)9-10-5-2-1-3-6-10/h1-3,5-6,9,17H,4,7-8H2/b11-9+. The largest absolute Gasteiger partial charge is 0.447 e. The maximum Gasteiger partial charge on any atom is 0.447 e. The third-order valence-electron chi connectivity index (χ3n) is 2.86. The van der Waals surface area contributed by atoms with E-state index >= 15 is 0 Å². The van der Waals surface area contributed by atoms with Crippen LogP contribution in [0.2, 0.25) is 0 Å². The van der Waals surface area contributed by atoms with Crippen LogP contribution in [0.25, 0.3) is 6.08 Å². The van der Waals surface area contributed by atoms with Gasteiger partial charge in [-0.1, -0.05) is 36.4 Å². The zero-order valence-corrected chi connectivity index (χ0v) is 9.57. The summed E-state index contributed by atoms with van der Waals surface area (Å²) in [5.41, 5.74) is 0.466. The van der Waals surface area contributed by atoms with Gasteiger partial charge in [0.15, 0.2) is 0 Å². The Labute approximate surface area is 103 Å². The molecule has 0 saturated carbocycles. The van der Waals surface area contributed by atoms with Crippen molar-refractivity contribution in [2.75, 3.05) is 6.61 Å². The Morgan fingerprint density at radius 1 is 1.22 bits per heavy atom. The molecule has 98 valence electrons. The molecule has 0 radical (unpaired) electrons. The second-order valence-corrected chi connectivity index (χ2v) is 4.17. The zero-order chi connectivity index (χ0) is 13.2. The summed E-state index contributed by atoms with van der Waals surface area (Å²) in [7, 11) is 0. The predicted octanol–water partition coefficient (Wildman–Crippen LogP) is 3.13. The number of halogens is 3. The summed E-state index contributed by atoms with van der Waals surface area (Å²) in [6, 6.07) is 8.58. The van der Waals surface area contributed by atoms with E-state index < -0.39 is 12.0 Å². The van der Waals surface area contributed by atoms with E-state index in [0.717, 1.165) is 0 Å². The van der Waals surface area contributed by atoms with Crippen LogP contribution in [0.15, 0.2) is 35.9 Å². The first-order valence-electron chi connectivity index (χ1n) is 5.62. The molecule has 18 heavy (non-hydrogen) atoms. The molecule has 5 heteroatoms. The molecule has 0 amide bonds. The molecule has 1 aromatic carbocycles. The highest BCUT2D eigenvalue weighted by Gasteiger charge is 2.58. The number of aliphatic hydroxyl groups is 1. The van der Waals surface area contributed by atoms with Gasteiger partial charge in [0, 0.05) is 0 Å². The average Bonchev–Trinajstić information content (AvgIpc) is 2.32. The first-order valence-corrected chi connectivity index (χ1v) is 5.62. The predicted molar refractivity (Wildman–Crippen MR) is 60.6 cm³/mol. The second-order valence-electron chi connectivity index (χ2n) is 4.17. The summed E-state index contributed by atoms with van der Waals surface area (Å²) in [6.45, 7) is -0.0951. The Kier molecular flexibility index (Phi) is 3.45. The van der Waals surface area contributed by atoms with Crippen molar-refractivity contribution >= 4 is 6.08 Å². The number of ether oxygens (including phenoxy) is 1. The van der Waals surface area contributed by atoms with E-state index in [0.29, 0.717) is 12.0 Å². The van der Waals surface area contributed by atoms with Gasteiger partial charge < -0.3 is 9.84 Å². The Bertz CT molecular complexity index is 439. The molecule has 2 rings (SSSR count). The fourth-order valence-electron chi connectivity index (χ4n) is 1.93. The quantitative estimate of drug-likeness (QED) is 0.838. The van der Waals surface area contributed by atoms with Gasteiger partial charge in [0.2, 0.25) is 0 Å². The van der Waals surface area contributed by atoms with Gasteiger partial charge in [0.25, 0.3) is 5.79 Å². The van der Waals surface area contributed by atoms with Crippen molar-refractivity contribution in [3.63, 3.8) is 0 Å². The van der Waals surface area contributed by atoms with E-state index in [1.54, 1.807) is 30.3 Å². The van der Waals surface area contributed by atoms with Crippen LogP contribution in [0.3, 0.4) is 0 Å². The van der Waals surface area contributed by atoms with Crippen molar-refractivity contribution in [1.29, 1.82) is 0 Å². The van der Waals surface area contributed by atoms with Crippen molar-refractivity contribution in [3.8, 4) is 0 Å². The molecule has 1 aliphatic rings. The molecule has 0 bridgehead atoms. The van der Waals surface area contributed by atoms with Crippen molar-refractivity contribution in [3.05, 3.63) is 41.5 Å². The Morgan fingerprint density at radius 3 is 2.50 bits per heavy atom. The minimum atomic E-state index is -4.83. The number of hydrogen-bond acceptors (Lipinski definition) is 2. The molecule has 1 N–H and O–H groups in total. The third-order valence-corrected chi connectivity index (χ3v) is 2.86. The normalized spacial score (nSPS) is 27.4. The third kappa shape index (κ3) is 2.42. The van der Waals surface area contributed by atoms with Gasteiger partial charge in [-0.15, -0.1) is 0 Å². The van der Waals surface area contributed by atoms with Crippen LogP contribution < -0.4 is 0 Å². The van der Waals surface area contributed by atoms with Crippen molar-refractivity contribution < 1.29 is 23.0 Å². The van der Waals surface area contributed by atoms with Gasteiger partial charge in [0.05, 0.1) is 6.61 Å². The fourth-order valence-corrected chi connectivity index (χ4v) is 1.93. The minimum Gasteiger partial charge on any atom is -0.355 e. The molecule has 1 heterocycles. The summed E-state index contributed by atoms with van der Waals surface area (Å²) in [6.07, 6.45) is -2.84. The summed E-state index contributed by atoms with van der Waals surface area (Å²) in [5.74, 6) is -3.15. The highest BCUT2D eigenvalue weighted by Crippen LogP contribution is 2.42. The Morgan fingerprint density at radius 2 is 1.89 bits per heavy atom. The SMILES string of the molecule is OC1(C(F)(F)F)OCCC/C1=C\c1ccccc1. The van der Waals surface area contributed by atoms with Gasteiger partial charge >= 0.3 is 6.18 Å². The Hall–Kier alpha value is -1.33. The van der Waals surface area contributed by atoms with Gasteiger partial charge in [-0.3, -0.25) is 0 Å². The maximum absolute atomic E-state index is 12.9. The van der Waals surface area contributed by atoms with Crippen LogP contribution in [0.5, 0.6) is 0 Å². The monoisotopic (exact) mass is 258 g/mol. The minimum absolute atomic E-state index is 0.0951. The number of benzene rings is 1. The molecular formula is C13H13F3O2. The average molecular weight is 258 g/mol. The van der Waals surface area contributed by atoms with E-state index in [4.69, 9.17) is 0 Å². The van der Waals surface area contributed by atoms with Crippen molar-refractivity contribution in [2.45, 2.75) is 24.8 Å². The summed E-state index contributed by atoms with van der Waals surface area (Å²) in [5, 5.41) is 9.71. The van der Waals surface area contributed by atoms with Gasteiger partial charge in [-0.25, -0.2) is 0 Å². The molecule has 2 nitrogen and oxygen atoms in total. The van der Waals surface area contributed by atoms with Gasteiger partial charge in [-0.05, 0) is 24.0 Å². The lowest BCUT2D eigenvalue weighted by Gasteiger charge is -2.36. The van der Waals surface area contributed by atoms with Gasteiger partial charge in [-0.2, -0.15) is 13.2 Å². The number of rotatable bonds is 1. The first kappa shape index (κ1) is 13.1. The Balaban J connectivity index is 2.38. The summed E-state index contributed by atoms with van der Waals surface area (Å²) in [4.78, 5) is 0. The molecule has 0 aromatic heterocycles. The summed E-state index contributed by atoms with van der Waals surface area (Å²) >= 11 is 0. The van der Waals surface area contributed by atoms with Crippen LogP contribution in [0.1, 0.15) is 18.4 Å². The molecule has 0 aliphatic carbocycles. The van der Waals surface area contributed by atoms with E-state index in [1.165, 1.54) is 6.08 Å². The van der Waals surface area contributed by atoms with E-state index in [2.05, 4.69) is 4.74 Å². The molecule has 1 aliphatic heterocycles. The lowest BCUT2D eigenvalue weighted by atomic mass is 9.95. The molecular weight excluding hydrogens is 245 g/mol. The molecule has 1 unspecified atom stereocenters. The van der Waals surface area contributed by atoms with Crippen LogP contribution in [0.4, 0.5) is 13.2 Å². The highest BCUT2D eigenvalue weighted by molar-refractivity contribution is 5.55. The molecule has 1 saturated heterocycles. The number of alkyl halides is 3. The molecule has 1 aromatic rings. The van der Waals surface area contributed by atoms with Crippen LogP contribution in [-0.4, -0.2) is 23.7 Å². The van der Waals surface area contributed by atoms with Crippen LogP contribution in [0, 0.1) is 0 Å². The maximum atomic E-state index is 12.9. The highest BCUT2D eigenvalue weighted by atomic mass is 19.4. The summed E-state index contributed by atoms with van der Waals surface area (Å²) < 4.78 is 43.2. The van der Waals surface area contributed by atoms with E-state index in [1.807, 2.05) is 0 Å². The first-order chi connectivity index (χ1) is 8.43. The lowest BCUT2D eigenvalue weighted by molar-refractivity contribution is -0.352. The molecule has 1 atom stereocenters. The second kappa shape index (κ2) is 4.74. The topological polar surface area (TPSA) is 29.5 Å². The van der Waals surface area contributed by atoms with E-state index in [-0.39, 0.29) is 18.6 Å². The lowest BCUT2D eigenvalue weighted by Crippen LogP contribution is -2.51. The van der Waals surface area contributed by atoms with Crippen molar-refractivity contribution in [1.82, 2.24) is 0 Å². The molecule has 1 fully saturated rings. The van der Waals surface area contributed by atoms with Gasteiger partial charge in [0.1, 0.15) is 0 Å². The van der Waals surface area contributed by atoms with Crippen LogP contribution >= 0.6 is 0 Å². The smallest absolute Gasteiger partial charge is 0.355 e. The van der Waals surface area contributed by atoms with Crippen LogP contribution in [-0.2, 0) is 4.74 Å². The number of hydrogen-bond donors (Lipinski definition) is 1. The van der Waals surface area contributed by atoms with E-state index in [9.17, 15) is 18.3 Å². The van der Waals surface area contributed by atoms with Crippen molar-refractivity contribution in [2.24, 2.45) is 0 Å². The zero-order valence-electron chi connectivity index (χ0n) is 9.57. The fraction of sp³-hybridized carbons (Fsp3) is 0.385. The molecule has 0 spiro atoms.